The van der Waals surface area contributed by atoms with E-state index in [9.17, 15) is 4.39 Å². The van der Waals surface area contributed by atoms with Gasteiger partial charge >= 0.3 is 0 Å². The number of nitrogens with one attached hydrogen (secondary N) is 1. The molecule has 0 aromatic heterocycles. The van der Waals surface area contributed by atoms with Crippen molar-refractivity contribution in [1.82, 2.24) is 5.32 Å². The van der Waals surface area contributed by atoms with Gasteiger partial charge in [0, 0.05) is 17.2 Å². The summed E-state index contributed by atoms with van der Waals surface area (Å²) in [4.78, 5) is 0. The van der Waals surface area contributed by atoms with E-state index in [0.717, 1.165) is 18.5 Å². The minimum absolute atomic E-state index is 0.172. The highest BCUT2D eigenvalue weighted by atomic mass is 35.5. The van der Waals surface area contributed by atoms with Crippen LogP contribution in [0.5, 0.6) is 5.75 Å². The summed E-state index contributed by atoms with van der Waals surface area (Å²) >= 11 is 5.91. The summed E-state index contributed by atoms with van der Waals surface area (Å²) in [5.41, 5.74) is 1.46. The van der Waals surface area contributed by atoms with Crippen LogP contribution < -0.4 is 10.1 Å². The van der Waals surface area contributed by atoms with Gasteiger partial charge in [-0.25, -0.2) is 4.39 Å². The predicted molar refractivity (Wildman–Crippen MR) is 67.3 cm³/mol. The number of hydrogen-bond acceptors (Lipinski definition) is 2. The SMILES string of the molecule is COc1c(C2CCCCN2)cc(Cl)c(F)c1C. The van der Waals surface area contributed by atoms with E-state index in [-0.39, 0.29) is 16.9 Å². The number of halogens is 2. The van der Waals surface area contributed by atoms with Crippen molar-refractivity contribution < 1.29 is 9.13 Å². The Morgan fingerprint density at radius 2 is 2.24 bits per heavy atom. The molecule has 2 nitrogen and oxygen atoms in total. The topological polar surface area (TPSA) is 21.3 Å². The third kappa shape index (κ3) is 2.40. The van der Waals surface area contributed by atoms with Gasteiger partial charge in [-0.2, -0.15) is 0 Å². The van der Waals surface area contributed by atoms with Crippen LogP contribution in [0.2, 0.25) is 5.02 Å². The average molecular weight is 258 g/mol. The van der Waals surface area contributed by atoms with Gasteiger partial charge in [0.15, 0.2) is 0 Å². The van der Waals surface area contributed by atoms with Gasteiger partial charge in [0.1, 0.15) is 11.6 Å². The molecule has 0 aliphatic carbocycles. The third-order valence-electron chi connectivity index (χ3n) is 3.31. The second kappa shape index (κ2) is 5.23. The number of methoxy groups -OCH3 is 1. The molecule has 94 valence electrons. The Balaban J connectivity index is 2.44. The standard InChI is InChI=1S/C13H17ClFNO/c1-8-12(15)10(14)7-9(13(8)17-2)11-5-3-4-6-16-11/h7,11,16H,3-6H2,1-2H3. The van der Waals surface area contributed by atoms with Gasteiger partial charge in [-0.15, -0.1) is 0 Å². The fourth-order valence-corrected chi connectivity index (χ4v) is 2.67. The van der Waals surface area contributed by atoms with Crippen LogP contribution in [-0.2, 0) is 0 Å². The van der Waals surface area contributed by atoms with Gasteiger partial charge in [0.05, 0.1) is 12.1 Å². The van der Waals surface area contributed by atoms with Crippen molar-refractivity contribution in [2.75, 3.05) is 13.7 Å². The number of ether oxygens (including phenoxy) is 1. The highest BCUT2D eigenvalue weighted by Gasteiger charge is 2.22. The molecule has 0 spiro atoms. The monoisotopic (exact) mass is 257 g/mol. The maximum Gasteiger partial charge on any atom is 0.148 e. The van der Waals surface area contributed by atoms with Gasteiger partial charge in [0.25, 0.3) is 0 Å². The molecule has 1 saturated heterocycles. The first kappa shape index (κ1) is 12.7. The van der Waals surface area contributed by atoms with Crippen LogP contribution in [0, 0.1) is 12.7 Å². The lowest BCUT2D eigenvalue weighted by Gasteiger charge is -2.26. The van der Waals surface area contributed by atoms with Gasteiger partial charge < -0.3 is 10.1 Å². The van der Waals surface area contributed by atoms with E-state index in [1.807, 2.05) is 0 Å². The van der Waals surface area contributed by atoms with Gasteiger partial charge in [-0.3, -0.25) is 0 Å². The molecule has 1 aromatic carbocycles. The molecule has 1 unspecified atom stereocenters. The van der Waals surface area contributed by atoms with Crippen LogP contribution >= 0.6 is 11.6 Å². The molecule has 1 N–H and O–H groups in total. The fourth-order valence-electron chi connectivity index (χ4n) is 2.41. The van der Waals surface area contributed by atoms with Crippen molar-refractivity contribution >= 4 is 11.6 Å². The van der Waals surface area contributed by atoms with Gasteiger partial charge in [-0.1, -0.05) is 18.0 Å². The summed E-state index contributed by atoms with van der Waals surface area (Å²) in [5, 5.41) is 3.59. The van der Waals surface area contributed by atoms with Gasteiger partial charge in [0.2, 0.25) is 0 Å². The molecule has 0 saturated carbocycles. The first-order valence-corrected chi connectivity index (χ1v) is 6.28. The van der Waals surface area contributed by atoms with E-state index in [2.05, 4.69) is 5.32 Å². The Bertz CT molecular complexity index is 416. The molecule has 0 radical (unpaired) electrons. The summed E-state index contributed by atoms with van der Waals surface area (Å²) in [6.07, 6.45) is 3.40. The quantitative estimate of drug-likeness (QED) is 0.874. The van der Waals surface area contributed by atoms with E-state index in [0.29, 0.717) is 11.3 Å². The molecule has 1 fully saturated rings. The van der Waals surface area contributed by atoms with Crippen molar-refractivity contribution in [3.05, 3.63) is 28.0 Å². The molecule has 0 bridgehead atoms. The molecular weight excluding hydrogens is 241 g/mol. The van der Waals surface area contributed by atoms with Crippen LogP contribution in [0.4, 0.5) is 4.39 Å². The summed E-state index contributed by atoms with van der Waals surface area (Å²) in [7, 11) is 1.57. The molecule has 2 rings (SSSR count). The van der Waals surface area contributed by atoms with E-state index in [4.69, 9.17) is 16.3 Å². The Morgan fingerprint density at radius 1 is 1.47 bits per heavy atom. The molecule has 1 aliphatic rings. The Labute approximate surface area is 106 Å². The normalized spacial score (nSPS) is 20.4. The molecule has 0 amide bonds. The van der Waals surface area contributed by atoms with E-state index in [1.54, 1.807) is 20.1 Å². The van der Waals surface area contributed by atoms with Crippen molar-refractivity contribution in [3.63, 3.8) is 0 Å². The maximum absolute atomic E-state index is 13.7. The number of benzene rings is 1. The first-order chi connectivity index (χ1) is 8.15. The summed E-state index contributed by atoms with van der Waals surface area (Å²) in [6.45, 7) is 2.69. The van der Waals surface area contributed by atoms with Crippen molar-refractivity contribution in [1.29, 1.82) is 0 Å². The lowest BCUT2D eigenvalue weighted by Crippen LogP contribution is -2.27. The molecule has 1 aliphatic heterocycles. The maximum atomic E-state index is 13.7. The molecule has 17 heavy (non-hydrogen) atoms. The lowest BCUT2D eigenvalue weighted by atomic mass is 9.95. The Morgan fingerprint density at radius 3 is 2.82 bits per heavy atom. The highest BCUT2D eigenvalue weighted by Crippen LogP contribution is 2.37. The predicted octanol–water partition coefficient (Wildman–Crippen LogP) is 3.61. The first-order valence-electron chi connectivity index (χ1n) is 5.91. The second-order valence-corrected chi connectivity index (χ2v) is 4.83. The largest absolute Gasteiger partial charge is 0.496 e. The zero-order chi connectivity index (χ0) is 12.4. The number of piperidine rings is 1. The highest BCUT2D eigenvalue weighted by molar-refractivity contribution is 6.31. The zero-order valence-electron chi connectivity index (χ0n) is 10.1. The molecule has 1 aromatic rings. The third-order valence-corrected chi connectivity index (χ3v) is 3.59. The van der Waals surface area contributed by atoms with E-state index < -0.39 is 0 Å². The van der Waals surface area contributed by atoms with E-state index in [1.165, 1.54) is 12.8 Å². The van der Waals surface area contributed by atoms with Crippen molar-refractivity contribution in [2.24, 2.45) is 0 Å². The smallest absolute Gasteiger partial charge is 0.148 e. The fraction of sp³-hybridized carbons (Fsp3) is 0.538. The van der Waals surface area contributed by atoms with Crippen LogP contribution in [-0.4, -0.2) is 13.7 Å². The molecular formula is C13H17ClFNO. The Hall–Kier alpha value is -0.800. The minimum Gasteiger partial charge on any atom is -0.496 e. The van der Waals surface area contributed by atoms with Crippen LogP contribution in [0.25, 0.3) is 0 Å². The summed E-state index contributed by atoms with van der Waals surface area (Å²) < 4.78 is 19.0. The minimum atomic E-state index is -0.386. The van der Waals surface area contributed by atoms with Crippen LogP contribution in [0.3, 0.4) is 0 Å². The number of hydrogen-bond donors (Lipinski definition) is 1. The van der Waals surface area contributed by atoms with Gasteiger partial charge in [-0.05, 0) is 32.4 Å². The van der Waals surface area contributed by atoms with Crippen molar-refractivity contribution in [2.45, 2.75) is 32.2 Å². The molecule has 4 heteroatoms. The molecule has 1 heterocycles. The summed E-state index contributed by atoms with van der Waals surface area (Å²) in [6, 6.07) is 1.90. The van der Waals surface area contributed by atoms with Crippen molar-refractivity contribution in [3.8, 4) is 5.75 Å². The van der Waals surface area contributed by atoms with E-state index >= 15 is 0 Å². The lowest BCUT2D eigenvalue weighted by molar-refractivity contribution is 0.369. The average Bonchev–Trinajstić information content (AvgIpc) is 2.36. The Kier molecular flexibility index (Phi) is 3.89. The summed E-state index contributed by atoms with van der Waals surface area (Å²) in [5.74, 6) is 0.231. The van der Waals surface area contributed by atoms with Crippen LogP contribution in [0.1, 0.15) is 36.4 Å². The second-order valence-electron chi connectivity index (χ2n) is 4.42. The van der Waals surface area contributed by atoms with Crippen LogP contribution in [0.15, 0.2) is 6.07 Å². The zero-order valence-corrected chi connectivity index (χ0v) is 10.9. The number of rotatable bonds is 2. The molecule has 1 atom stereocenters.